The number of benzene rings is 2. The van der Waals surface area contributed by atoms with Crippen LogP contribution in [0.15, 0.2) is 60.8 Å². The smallest absolute Gasteiger partial charge is 0.312 e. The largest absolute Gasteiger partial charge is 0.416 e. The number of fused-ring (bicyclic) bond motifs is 1. The maximum atomic E-state index is 13.0. The maximum Gasteiger partial charge on any atom is 0.416 e. The second-order valence-electron chi connectivity index (χ2n) is 6.62. The number of amides is 1. The second kappa shape index (κ2) is 6.69. The highest BCUT2D eigenvalue weighted by Gasteiger charge is 2.36. The van der Waals surface area contributed by atoms with Crippen LogP contribution in [0.25, 0.3) is 17.2 Å². The van der Waals surface area contributed by atoms with Crippen LogP contribution in [-0.2, 0) is 11.0 Å². The van der Waals surface area contributed by atoms with Crippen LogP contribution in [-0.4, -0.2) is 22.0 Å². The molecule has 0 radical (unpaired) electrons. The van der Waals surface area contributed by atoms with Crippen LogP contribution in [0.5, 0.6) is 0 Å². The molecule has 3 aromatic rings. The van der Waals surface area contributed by atoms with Gasteiger partial charge in [0.05, 0.1) is 22.8 Å². The standard InChI is InChI=1S/C21H16F3N3O/c1-2-10-26-18-9-4-3-8-17(18)25-20(26)14-11-19(28)27(13-14)16-7-5-6-15(12-16)21(22,23)24/h3-10,12,14H,1,11,13H2/t14-/m0/s1. The van der Waals surface area contributed by atoms with E-state index in [1.807, 2.05) is 28.8 Å². The van der Waals surface area contributed by atoms with Crippen LogP contribution in [0.4, 0.5) is 18.9 Å². The Labute approximate surface area is 159 Å². The van der Waals surface area contributed by atoms with Crippen LogP contribution in [0.2, 0.25) is 0 Å². The third-order valence-corrected chi connectivity index (χ3v) is 4.82. The van der Waals surface area contributed by atoms with Crippen molar-refractivity contribution in [3.05, 3.63) is 72.2 Å². The summed E-state index contributed by atoms with van der Waals surface area (Å²) in [6.07, 6.45) is -2.63. The van der Waals surface area contributed by atoms with E-state index in [0.717, 1.165) is 23.2 Å². The zero-order valence-electron chi connectivity index (χ0n) is 14.8. The van der Waals surface area contributed by atoms with Crippen LogP contribution >= 0.6 is 0 Å². The summed E-state index contributed by atoms with van der Waals surface area (Å²) in [5.41, 5.74) is 3.83. The fourth-order valence-electron chi connectivity index (χ4n) is 3.56. The predicted molar refractivity (Wildman–Crippen MR) is 101 cm³/mol. The van der Waals surface area contributed by atoms with Crippen molar-refractivity contribution in [2.45, 2.75) is 18.5 Å². The van der Waals surface area contributed by atoms with Gasteiger partial charge in [0.25, 0.3) is 0 Å². The first-order chi connectivity index (χ1) is 13.4. The van der Waals surface area contributed by atoms with Gasteiger partial charge in [0, 0.05) is 24.6 Å². The lowest BCUT2D eigenvalue weighted by molar-refractivity contribution is -0.137. The zero-order valence-corrected chi connectivity index (χ0v) is 14.8. The maximum absolute atomic E-state index is 13.0. The lowest BCUT2D eigenvalue weighted by atomic mass is 10.1. The van der Waals surface area contributed by atoms with Gasteiger partial charge in [-0.15, -0.1) is 5.73 Å². The molecule has 1 aliphatic rings. The summed E-state index contributed by atoms with van der Waals surface area (Å²) in [7, 11) is 0. The molecule has 1 fully saturated rings. The van der Waals surface area contributed by atoms with Crippen LogP contribution < -0.4 is 4.90 Å². The van der Waals surface area contributed by atoms with E-state index in [1.54, 1.807) is 6.20 Å². The molecule has 0 N–H and O–H groups in total. The highest BCUT2D eigenvalue weighted by atomic mass is 19.4. The van der Waals surface area contributed by atoms with Crippen LogP contribution in [0.1, 0.15) is 23.7 Å². The number of imidazole rings is 1. The second-order valence-corrected chi connectivity index (χ2v) is 6.62. The van der Waals surface area contributed by atoms with Gasteiger partial charge in [-0.25, -0.2) is 4.98 Å². The lowest BCUT2D eigenvalue weighted by Crippen LogP contribution is -2.25. The minimum absolute atomic E-state index is 0.171. The predicted octanol–water partition coefficient (Wildman–Crippen LogP) is 4.83. The Morgan fingerprint density at radius 1 is 1.18 bits per heavy atom. The molecule has 1 amide bonds. The lowest BCUT2D eigenvalue weighted by Gasteiger charge is -2.18. The summed E-state index contributed by atoms with van der Waals surface area (Å²) >= 11 is 0. The number of hydrogen-bond donors (Lipinski definition) is 0. The molecule has 1 atom stereocenters. The molecule has 7 heteroatoms. The fraction of sp³-hybridized carbons (Fsp3) is 0.190. The fourth-order valence-corrected chi connectivity index (χ4v) is 3.56. The van der Waals surface area contributed by atoms with Crippen molar-refractivity contribution in [1.29, 1.82) is 0 Å². The number of rotatable bonds is 3. The van der Waals surface area contributed by atoms with Gasteiger partial charge in [0.1, 0.15) is 5.82 Å². The summed E-state index contributed by atoms with van der Waals surface area (Å²) < 4.78 is 40.9. The van der Waals surface area contributed by atoms with Crippen LogP contribution in [0.3, 0.4) is 0 Å². The monoisotopic (exact) mass is 383 g/mol. The molecule has 0 unspecified atom stereocenters. The highest BCUT2D eigenvalue weighted by molar-refractivity contribution is 5.96. The molecule has 142 valence electrons. The van der Waals surface area contributed by atoms with Gasteiger partial charge in [-0.3, -0.25) is 9.36 Å². The molecule has 2 heterocycles. The van der Waals surface area contributed by atoms with Crippen molar-refractivity contribution in [3.8, 4) is 0 Å². The molecule has 4 nitrogen and oxygen atoms in total. The molecule has 1 aliphatic heterocycles. The summed E-state index contributed by atoms with van der Waals surface area (Å²) in [5.74, 6) is 0.185. The quantitative estimate of drug-likeness (QED) is 0.608. The molecular formula is C21H16F3N3O. The summed E-state index contributed by atoms with van der Waals surface area (Å²) in [6.45, 7) is 3.87. The number of nitrogens with zero attached hydrogens (tertiary/aromatic N) is 3. The molecule has 1 saturated heterocycles. The number of aromatic nitrogens is 2. The first-order valence-electron chi connectivity index (χ1n) is 8.69. The topological polar surface area (TPSA) is 38.1 Å². The van der Waals surface area contributed by atoms with Gasteiger partial charge in [-0.2, -0.15) is 13.2 Å². The number of para-hydroxylation sites is 2. The SMILES string of the molecule is C=C=Cn1c([C@H]2CC(=O)N(c3cccc(C(F)(F)F)c3)C2)nc2ccccc21. The summed E-state index contributed by atoms with van der Waals surface area (Å²) in [6, 6.07) is 12.4. The number of hydrogen-bond acceptors (Lipinski definition) is 2. The Kier molecular flexibility index (Phi) is 4.32. The van der Waals surface area contributed by atoms with Gasteiger partial charge in [-0.1, -0.05) is 24.8 Å². The molecular weight excluding hydrogens is 367 g/mol. The van der Waals surface area contributed by atoms with Crippen molar-refractivity contribution < 1.29 is 18.0 Å². The molecule has 0 bridgehead atoms. The Balaban J connectivity index is 1.71. The number of carbonyl (C=O) groups excluding carboxylic acids is 1. The highest BCUT2D eigenvalue weighted by Crippen LogP contribution is 2.36. The van der Waals surface area contributed by atoms with Gasteiger partial charge >= 0.3 is 6.18 Å². The van der Waals surface area contributed by atoms with Crippen molar-refractivity contribution in [2.24, 2.45) is 0 Å². The number of halogens is 3. The summed E-state index contributed by atoms with van der Waals surface area (Å²) in [5, 5.41) is 0. The van der Waals surface area contributed by atoms with Crippen molar-refractivity contribution in [1.82, 2.24) is 9.55 Å². The molecule has 1 aromatic heterocycles. The number of anilines is 1. The summed E-state index contributed by atoms with van der Waals surface area (Å²) in [4.78, 5) is 18.6. The van der Waals surface area contributed by atoms with E-state index in [2.05, 4.69) is 17.3 Å². The number of alkyl halides is 3. The Hall–Kier alpha value is -3.31. The van der Waals surface area contributed by atoms with E-state index >= 15 is 0 Å². The molecule has 4 rings (SSSR count). The Bertz CT molecular complexity index is 1110. The van der Waals surface area contributed by atoms with E-state index < -0.39 is 11.7 Å². The minimum atomic E-state index is -4.46. The number of carbonyl (C=O) groups is 1. The molecule has 28 heavy (non-hydrogen) atoms. The van der Waals surface area contributed by atoms with Gasteiger partial charge in [0.15, 0.2) is 0 Å². The molecule has 0 spiro atoms. The third kappa shape index (κ3) is 3.10. The average Bonchev–Trinajstić information content (AvgIpc) is 3.22. The van der Waals surface area contributed by atoms with E-state index in [1.165, 1.54) is 17.0 Å². The van der Waals surface area contributed by atoms with Gasteiger partial charge < -0.3 is 4.90 Å². The molecule has 0 aliphatic carbocycles. The first-order valence-corrected chi connectivity index (χ1v) is 8.69. The molecule has 2 aromatic carbocycles. The van der Waals surface area contributed by atoms with E-state index in [0.29, 0.717) is 5.82 Å². The average molecular weight is 383 g/mol. The third-order valence-electron chi connectivity index (χ3n) is 4.82. The zero-order chi connectivity index (χ0) is 19.9. The van der Waals surface area contributed by atoms with E-state index in [-0.39, 0.29) is 30.5 Å². The minimum Gasteiger partial charge on any atom is -0.312 e. The van der Waals surface area contributed by atoms with Crippen molar-refractivity contribution in [2.75, 3.05) is 11.4 Å². The van der Waals surface area contributed by atoms with Crippen LogP contribution in [0, 0.1) is 0 Å². The Morgan fingerprint density at radius 3 is 2.71 bits per heavy atom. The Morgan fingerprint density at radius 2 is 1.96 bits per heavy atom. The normalized spacial score (nSPS) is 17.2. The van der Waals surface area contributed by atoms with E-state index in [9.17, 15) is 18.0 Å². The van der Waals surface area contributed by atoms with Gasteiger partial charge in [-0.05, 0) is 30.3 Å². The molecule has 0 saturated carbocycles. The first kappa shape index (κ1) is 18.1. The van der Waals surface area contributed by atoms with Crippen molar-refractivity contribution in [3.63, 3.8) is 0 Å². The van der Waals surface area contributed by atoms with Crippen molar-refractivity contribution >= 4 is 28.8 Å². The van der Waals surface area contributed by atoms with Gasteiger partial charge in [0.2, 0.25) is 5.91 Å². The van der Waals surface area contributed by atoms with E-state index in [4.69, 9.17) is 0 Å².